The zero-order valence-electron chi connectivity index (χ0n) is 12.1. The van der Waals surface area contributed by atoms with Gasteiger partial charge in [-0.05, 0) is 64.4 Å². The number of halogens is 2. The first-order valence-corrected chi connectivity index (χ1v) is 7.30. The van der Waals surface area contributed by atoms with E-state index in [1.165, 1.54) is 6.07 Å². The standard InChI is InChI=1S/C15H23BrFNO/c1-14(2,3)18-8-7-15(4,19)10-11-9-12(16)5-6-13(11)17/h5-6,9,18-19H,7-8,10H2,1-4H3. The maximum atomic E-state index is 13.7. The number of hydrogen-bond acceptors (Lipinski definition) is 2. The maximum absolute atomic E-state index is 13.7. The summed E-state index contributed by atoms with van der Waals surface area (Å²) in [5.41, 5.74) is -0.355. The normalized spacial score (nSPS) is 15.3. The minimum atomic E-state index is -0.917. The smallest absolute Gasteiger partial charge is 0.126 e. The van der Waals surface area contributed by atoms with Crippen molar-refractivity contribution in [2.45, 2.75) is 51.7 Å². The number of benzene rings is 1. The van der Waals surface area contributed by atoms with E-state index in [1.54, 1.807) is 19.1 Å². The summed E-state index contributed by atoms with van der Waals surface area (Å²) in [5, 5.41) is 13.7. The molecule has 0 saturated carbocycles. The highest BCUT2D eigenvalue weighted by molar-refractivity contribution is 9.10. The van der Waals surface area contributed by atoms with Crippen LogP contribution in [0.3, 0.4) is 0 Å². The van der Waals surface area contributed by atoms with Crippen LogP contribution in [-0.4, -0.2) is 22.8 Å². The van der Waals surface area contributed by atoms with Gasteiger partial charge in [0.2, 0.25) is 0 Å². The van der Waals surface area contributed by atoms with Gasteiger partial charge in [-0.3, -0.25) is 0 Å². The highest BCUT2D eigenvalue weighted by Gasteiger charge is 2.23. The molecule has 1 aromatic carbocycles. The van der Waals surface area contributed by atoms with Gasteiger partial charge in [-0.25, -0.2) is 4.39 Å². The van der Waals surface area contributed by atoms with Gasteiger partial charge in [0, 0.05) is 16.4 Å². The number of nitrogens with one attached hydrogen (secondary N) is 1. The van der Waals surface area contributed by atoms with Crippen LogP contribution in [0.25, 0.3) is 0 Å². The Morgan fingerprint density at radius 2 is 1.89 bits per heavy atom. The van der Waals surface area contributed by atoms with Gasteiger partial charge in [0.15, 0.2) is 0 Å². The topological polar surface area (TPSA) is 32.3 Å². The molecular formula is C15H23BrFNO. The van der Waals surface area contributed by atoms with Gasteiger partial charge in [-0.15, -0.1) is 0 Å². The molecule has 1 unspecified atom stereocenters. The lowest BCUT2D eigenvalue weighted by atomic mass is 9.92. The first kappa shape index (κ1) is 16.6. The van der Waals surface area contributed by atoms with Crippen molar-refractivity contribution in [3.8, 4) is 0 Å². The molecule has 1 atom stereocenters. The van der Waals surface area contributed by atoms with Crippen molar-refractivity contribution in [1.82, 2.24) is 5.32 Å². The molecule has 2 N–H and O–H groups in total. The van der Waals surface area contributed by atoms with Crippen molar-refractivity contribution < 1.29 is 9.50 Å². The fraction of sp³-hybridized carbons (Fsp3) is 0.600. The van der Waals surface area contributed by atoms with Gasteiger partial charge in [0.05, 0.1) is 5.60 Å². The molecule has 0 heterocycles. The first-order chi connectivity index (χ1) is 8.59. The van der Waals surface area contributed by atoms with E-state index in [-0.39, 0.29) is 11.4 Å². The van der Waals surface area contributed by atoms with Crippen molar-refractivity contribution in [2.24, 2.45) is 0 Å². The molecule has 0 aliphatic heterocycles. The molecule has 0 aliphatic carbocycles. The van der Waals surface area contributed by atoms with Gasteiger partial charge in [0.1, 0.15) is 5.82 Å². The van der Waals surface area contributed by atoms with Gasteiger partial charge >= 0.3 is 0 Å². The Morgan fingerprint density at radius 3 is 2.47 bits per heavy atom. The molecule has 1 rings (SSSR count). The Labute approximate surface area is 123 Å². The molecule has 0 aromatic heterocycles. The van der Waals surface area contributed by atoms with E-state index in [1.807, 2.05) is 0 Å². The second kappa shape index (κ2) is 6.33. The van der Waals surface area contributed by atoms with E-state index in [0.717, 1.165) is 4.47 Å². The zero-order valence-corrected chi connectivity index (χ0v) is 13.6. The van der Waals surface area contributed by atoms with Crippen LogP contribution in [0.4, 0.5) is 4.39 Å². The fourth-order valence-electron chi connectivity index (χ4n) is 1.88. The molecule has 1 aromatic rings. The summed E-state index contributed by atoms with van der Waals surface area (Å²) in [4.78, 5) is 0. The lowest BCUT2D eigenvalue weighted by molar-refractivity contribution is 0.0491. The average molecular weight is 332 g/mol. The summed E-state index contributed by atoms with van der Waals surface area (Å²) in [7, 11) is 0. The van der Waals surface area contributed by atoms with E-state index in [2.05, 4.69) is 42.0 Å². The van der Waals surface area contributed by atoms with E-state index < -0.39 is 5.60 Å². The quantitative estimate of drug-likeness (QED) is 0.862. The Hall–Kier alpha value is -0.450. The molecule has 0 radical (unpaired) electrons. The summed E-state index contributed by atoms with van der Waals surface area (Å²) < 4.78 is 14.5. The highest BCUT2D eigenvalue weighted by atomic mass is 79.9. The SMILES string of the molecule is CC(O)(CCNC(C)(C)C)Cc1cc(Br)ccc1F. The molecule has 2 nitrogen and oxygen atoms in total. The van der Waals surface area contributed by atoms with Crippen LogP contribution in [0.15, 0.2) is 22.7 Å². The molecule has 0 aliphatic rings. The molecular weight excluding hydrogens is 309 g/mol. The third kappa shape index (κ3) is 6.50. The predicted molar refractivity (Wildman–Crippen MR) is 80.8 cm³/mol. The minimum absolute atomic E-state index is 0.0249. The Bertz CT molecular complexity index is 427. The summed E-state index contributed by atoms with van der Waals surface area (Å²) >= 11 is 3.32. The zero-order chi connectivity index (χ0) is 14.7. The van der Waals surface area contributed by atoms with Gasteiger partial charge in [-0.1, -0.05) is 15.9 Å². The second-order valence-electron chi connectivity index (χ2n) is 6.34. The van der Waals surface area contributed by atoms with E-state index >= 15 is 0 Å². The van der Waals surface area contributed by atoms with Crippen LogP contribution in [-0.2, 0) is 6.42 Å². The number of hydrogen-bond donors (Lipinski definition) is 2. The van der Waals surface area contributed by atoms with Gasteiger partial charge in [0.25, 0.3) is 0 Å². The third-order valence-electron chi connectivity index (χ3n) is 2.90. The van der Waals surface area contributed by atoms with E-state index in [4.69, 9.17) is 0 Å². The van der Waals surface area contributed by atoms with Gasteiger partial charge in [-0.2, -0.15) is 0 Å². The van der Waals surface area contributed by atoms with Crippen molar-refractivity contribution >= 4 is 15.9 Å². The minimum Gasteiger partial charge on any atom is -0.390 e. The van der Waals surface area contributed by atoms with Crippen LogP contribution >= 0.6 is 15.9 Å². The number of rotatable bonds is 5. The Kier molecular flexibility index (Phi) is 5.53. The van der Waals surface area contributed by atoms with Crippen LogP contribution in [0.1, 0.15) is 39.7 Å². The number of aliphatic hydroxyl groups is 1. The van der Waals surface area contributed by atoms with Gasteiger partial charge < -0.3 is 10.4 Å². The molecule has 0 saturated heterocycles. The monoisotopic (exact) mass is 331 g/mol. The molecule has 0 bridgehead atoms. The lowest BCUT2D eigenvalue weighted by Gasteiger charge is -2.27. The molecule has 0 spiro atoms. The molecule has 19 heavy (non-hydrogen) atoms. The summed E-state index contributed by atoms with van der Waals surface area (Å²) in [6, 6.07) is 4.80. The molecule has 0 amide bonds. The first-order valence-electron chi connectivity index (χ1n) is 6.50. The largest absolute Gasteiger partial charge is 0.390 e. The van der Waals surface area contributed by atoms with Crippen molar-refractivity contribution in [3.05, 3.63) is 34.1 Å². The molecule has 0 fully saturated rings. The Balaban J connectivity index is 2.61. The van der Waals surface area contributed by atoms with Crippen LogP contribution in [0.5, 0.6) is 0 Å². The van der Waals surface area contributed by atoms with Crippen molar-refractivity contribution in [3.63, 3.8) is 0 Å². The summed E-state index contributed by atoms with van der Waals surface area (Å²) in [6.45, 7) is 8.69. The second-order valence-corrected chi connectivity index (χ2v) is 7.25. The summed E-state index contributed by atoms with van der Waals surface area (Å²) in [6.07, 6.45) is 0.889. The lowest BCUT2D eigenvalue weighted by Crippen LogP contribution is -2.40. The molecule has 108 valence electrons. The van der Waals surface area contributed by atoms with E-state index in [9.17, 15) is 9.50 Å². The van der Waals surface area contributed by atoms with Crippen LogP contribution in [0, 0.1) is 5.82 Å². The average Bonchev–Trinajstić information content (AvgIpc) is 2.20. The van der Waals surface area contributed by atoms with Crippen LogP contribution < -0.4 is 5.32 Å². The Morgan fingerprint density at radius 1 is 1.26 bits per heavy atom. The van der Waals surface area contributed by atoms with Crippen molar-refractivity contribution in [1.29, 1.82) is 0 Å². The van der Waals surface area contributed by atoms with Crippen molar-refractivity contribution in [2.75, 3.05) is 6.54 Å². The van der Waals surface area contributed by atoms with E-state index in [0.29, 0.717) is 24.9 Å². The predicted octanol–water partition coefficient (Wildman–Crippen LogP) is 3.66. The third-order valence-corrected chi connectivity index (χ3v) is 3.39. The highest BCUT2D eigenvalue weighted by Crippen LogP contribution is 2.22. The fourth-order valence-corrected chi connectivity index (χ4v) is 2.29. The maximum Gasteiger partial charge on any atom is 0.126 e. The van der Waals surface area contributed by atoms with Crippen LogP contribution in [0.2, 0.25) is 0 Å². The molecule has 4 heteroatoms. The summed E-state index contributed by atoms with van der Waals surface area (Å²) in [5.74, 6) is -0.271.